The molecular weight excluding hydrogens is 374 g/mol. The Labute approximate surface area is 166 Å². The largest absolute Gasteiger partial charge is 4.00 e. The zero-order valence-corrected chi connectivity index (χ0v) is 18.7. The fraction of sp³-hybridized carbons (Fsp3) is 0.750. The fourth-order valence-corrected chi connectivity index (χ4v) is 4.81. The van der Waals surface area contributed by atoms with Crippen molar-refractivity contribution in [3.8, 4) is 0 Å². The van der Waals surface area contributed by atoms with Crippen molar-refractivity contribution in [3.63, 3.8) is 0 Å². The van der Waals surface area contributed by atoms with E-state index in [1.54, 1.807) is 11.1 Å². The normalized spacial score (nSPS) is 20.5. The Kier molecular flexibility index (Phi) is 13.2. The van der Waals surface area contributed by atoms with Gasteiger partial charge in [0, 0.05) is 0 Å². The molecule has 5 heteroatoms. The maximum atomic E-state index is 3.66. The van der Waals surface area contributed by atoms with E-state index in [0.29, 0.717) is 11.0 Å². The van der Waals surface area contributed by atoms with Gasteiger partial charge >= 0.3 is 21.7 Å². The van der Waals surface area contributed by atoms with Crippen LogP contribution in [0.2, 0.25) is 24.2 Å². The number of halogens is 3. The van der Waals surface area contributed by atoms with Crippen molar-refractivity contribution in [2.45, 2.75) is 70.6 Å². The van der Waals surface area contributed by atoms with Crippen LogP contribution in [0.1, 0.15) is 46.5 Å². The van der Waals surface area contributed by atoms with Crippen LogP contribution < -0.4 is 37.2 Å². The van der Waals surface area contributed by atoms with Crippen LogP contribution >= 0.6 is 0 Å². The second-order valence-corrected chi connectivity index (χ2v) is 13.1. The molecule has 2 aliphatic rings. The molecule has 0 aromatic rings. The Hall–Kier alpha value is 1.28. The number of rotatable bonds is 2. The zero-order chi connectivity index (χ0) is 12.7. The average Bonchev–Trinajstić information content (AvgIpc) is 2.60. The zero-order valence-electron chi connectivity index (χ0n) is 13.8. The summed E-state index contributed by atoms with van der Waals surface area (Å²) in [5.41, 5.74) is 3.39. The van der Waals surface area contributed by atoms with Crippen LogP contribution in [0, 0.1) is 12.0 Å². The SMILES string of the molecule is CC(C)(C)[Si](C)(C)CC1[C-]=CC2=C1CCCC2.[Cl-].[Cl-].[Cl-].[Ti+4]. The Balaban J connectivity index is -0.000000810. The molecule has 2 rings (SSSR count). The molecule has 1 atom stereocenters. The van der Waals surface area contributed by atoms with Gasteiger partial charge in [-0.05, 0) is 11.5 Å². The number of allylic oxidation sites excluding steroid dienone is 4. The van der Waals surface area contributed by atoms with Gasteiger partial charge in [-0.3, -0.25) is 6.08 Å². The number of hydrogen-bond donors (Lipinski definition) is 0. The summed E-state index contributed by atoms with van der Waals surface area (Å²) >= 11 is 0. The molecule has 0 aliphatic heterocycles. The van der Waals surface area contributed by atoms with Gasteiger partial charge in [0.2, 0.25) is 0 Å². The molecule has 0 radical (unpaired) electrons. The van der Waals surface area contributed by atoms with E-state index in [4.69, 9.17) is 0 Å². The van der Waals surface area contributed by atoms with Crippen LogP contribution in [0.25, 0.3) is 0 Å². The van der Waals surface area contributed by atoms with Crippen LogP contribution in [0.4, 0.5) is 0 Å². The van der Waals surface area contributed by atoms with Gasteiger partial charge in [0.05, 0.1) is 8.07 Å². The molecule has 0 spiro atoms. The summed E-state index contributed by atoms with van der Waals surface area (Å²) in [6.07, 6.45) is 11.4. The average molecular weight is 402 g/mol. The van der Waals surface area contributed by atoms with Gasteiger partial charge < -0.3 is 37.2 Å². The minimum atomic E-state index is -1.16. The molecule has 21 heavy (non-hydrogen) atoms. The minimum Gasteiger partial charge on any atom is -1.00 e. The van der Waals surface area contributed by atoms with Gasteiger partial charge in [-0.2, -0.15) is 11.1 Å². The molecule has 0 saturated heterocycles. The van der Waals surface area contributed by atoms with Gasteiger partial charge in [0.25, 0.3) is 0 Å². The molecule has 120 valence electrons. The molecule has 0 heterocycles. The van der Waals surface area contributed by atoms with E-state index >= 15 is 0 Å². The topological polar surface area (TPSA) is 0 Å². The first-order valence-electron chi connectivity index (χ1n) is 7.12. The molecule has 0 bridgehead atoms. The maximum absolute atomic E-state index is 3.66. The van der Waals surface area contributed by atoms with E-state index in [0.717, 1.165) is 0 Å². The van der Waals surface area contributed by atoms with Crippen molar-refractivity contribution in [1.29, 1.82) is 0 Å². The van der Waals surface area contributed by atoms with Crippen LogP contribution in [-0.2, 0) is 21.7 Å². The van der Waals surface area contributed by atoms with E-state index in [-0.39, 0.29) is 58.9 Å². The summed E-state index contributed by atoms with van der Waals surface area (Å²) < 4.78 is 0. The molecule has 0 N–H and O–H groups in total. The number of hydrogen-bond acceptors (Lipinski definition) is 0. The van der Waals surface area contributed by atoms with E-state index in [1.165, 1.54) is 31.7 Å². The molecule has 0 nitrogen and oxygen atoms in total. The van der Waals surface area contributed by atoms with E-state index < -0.39 is 8.07 Å². The van der Waals surface area contributed by atoms with Crippen molar-refractivity contribution in [2.75, 3.05) is 0 Å². The van der Waals surface area contributed by atoms with Crippen molar-refractivity contribution >= 4 is 8.07 Å². The molecule has 0 saturated carbocycles. The van der Waals surface area contributed by atoms with Crippen molar-refractivity contribution in [3.05, 3.63) is 23.3 Å². The van der Waals surface area contributed by atoms with Gasteiger partial charge in [-0.1, -0.05) is 65.1 Å². The monoisotopic (exact) mass is 400 g/mol. The molecule has 1 unspecified atom stereocenters. The van der Waals surface area contributed by atoms with Gasteiger partial charge in [0.1, 0.15) is 0 Å². The molecule has 0 aromatic carbocycles. The predicted octanol–water partition coefficient (Wildman–Crippen LogP) is -3.64. The van der Waals surface area contributed by atoms with Crippen molar-refractivity contribution in [1.82, 2.24) is 0 Å². The Morgan fingerprint density at radius 2 is 1.62 bits per heavy atom. The third-order valence-corrected chi connectivity index (χ3v) is 10.7. The van der Waals surface area contributed by atoms with Crippen LogP contribution in [-0.4, -0.2) is 8.07 Å². The Morgan fingerprint density at radius 1 is 1.10 bits per heavy atom. The molecule has 0 amide bonds. The first-order chi connectivity index (χ1) is 7.81. The van der Waals surface area contributed by atoms with E-state index in [1.807, 2.05) is 0 Å². The van der Waals surface area contributed by atoms with Gasteiger partial charge in [-0.15, -0.1) is 0 Å². The van der Waals surface area contributed by atoms with Crippen LogP contribution in [0.5, 0.6) is 0 Å². The molecule has 2 aliphatic carbocycles. The quantitative estimate of drug-likeness (QED) is 0.331. The molecule has 0 aromatic heterocycles. The molecule has 0 fully saturated rings. The summed E-state index contributed by atoms with van der Waals surface area (Å²) in [5.74, 6) is 0.672. The van der Waals surface area contributed by atoms with Gasteiger partial charge in [0.15, 0.2) is 0 Å². The smallest absolute Gasteiger partial charge is 1.00 e. The summed E-state index contributed by atoms with van der Waals surface area (Å²) in [5, 5.41) is 0.507. The summed E-state index contributed by atoms with van der Waals surface area (Å²) in [7, 11) is -1.16. The maximum Gasteiger partial charge on any atom is 4.00 e. The van der Waals surface area contributed by atoms with Crippen molar-refractivity contribution in [2.24, 2.45) is 5.92 Å². The minimum absolute atomic E-state index is 0. The van der Waals surface area contributed by atoms with E-state index in [9.17, 15) is 0 Å². The Bertz CT molecular complexity index is 370. The predicted molar refractivity (Wildman–Crippen MR) is 78.8 cm³/mol. The third-order valence-electron chi connectivity index (χ3n) is 5.18. The summed E-state index contributed by atoms with van der Waals surface area (Å²) in [4.78, 5) is 0. The first kappa shape index (κ1) is 27.1. The van der Waals surface area contributed by atoms with Crippen LogP contribution in [0.3, 0.4) is 0 Å². The second-order valence-electron chi connectivity index (χ2n) is 7.46. The second kappa shape index (κ2) is 10.2. The fourth-order valence-electron chi connectivity index (χ4n) is 2.82. The van der Waals surface area contributed by atoms with Crippen LogP contribution in [0.15, 0.2) is 17.2 Å². The summed E-state index contributed by atoms with van der Waals surface area (Å²) in [6.45, 7) is 12.4. The standard InChI is InChI=1S/C16H27Si.3ClH.Ti/c1-16(2,3)17(4,5)12-14-11-10-13-8-6-7-9-15(13)14;;;;/h10,14H,6-9,12H2,1-5H3;3*1H;/q-1;;;;+4/p-3. The molecular formula is C16H27Cl3SiTi. The van der Waals surface area contributed by atoms with Gasteiger partial charge in [-0.25, -0.2) is 6.08 Å². The third kappa shape index (κ3) is 6.36. The summed E-state index contributed by atoms with van der Waals surface area (Å²) in [6, 6.07) is 1.39. The van der Waals surface area contributed by atoms with E-state index in [2.05, 4.69) is 46.0 Å². The first-order valence-corrected chi connectivity index (χ1v) is 10.3. The Morgan fingerprint density at radius 3 is 2.14 bits per heavy atom. The van der Waals surface area contributed by atoms with Crippen molar-refractivity contribution < 1.29 is 58.9 Å².